The first-order valence-corrected chi connectivity index (χ1v) is 12.4. The van der Waals surface area contributed by atoms with E-state index in [1.165, 1.54) is 36.1 Å². The van der Waals surface area contributed by atoms with Crippen LogP contribution in [0.1, 0.15) is 30.1 Å². The van der Waals surface area contributed by atoms with Gasteiger partial charge in [0.15, 0.2) is 17.2 Å². The minimum absolute atomic E-state index is 0.0480. The first kappa shape index (κ1) is 26.3. The monoisotopic (exact) mass is 569 g/mol. The number of nitrogens with one attached hydrogen (secondary N) is 1. The van der Waals surface area contributed by atoms with Crippen molar-refractivity contribution in [2.24, 2.45) is 12.5 Å². The van der Waals surface area contributed by atoms with Crippen LogP contribution in [0.15, 0.2) is 30.6 Å². The van der Waals surface area contributed by atoms with Gasteiger partial charge in [0.25, 0.3) is 0 Å². The molecular formula is C25H22F3N9O4. The molecule has 2 fully saturated rings. The molecule has 13 nitrogen and oxygen atoms in total. The van der Waals surface area contributed by atoms with Crippen LogP contribution in [0, 0.1) is 16.7 Å². The van der Waals surface area contributed by atoms with Gasteiger partial charge >= 0.3 is 12.3 Å². The molecule has 0 radical (unpaired) electrons. The molecule has 1 saturated heterocycles. The summed E-state index contributed by atoms with van der Waals surface area (Å²) in [5.41, 5.74) is -0.428. The van der Waals surface area contributed by atoms with Crippen LogP contribution < -0.4 is 15.0 Å². The molecule has 41 heavy (non-hydrogen) atoms. The number of nitriles is 1. The minimum atomic E-state index is -4.61. The lowest BCUT2D eigenvalue weighted by molar-refractivity contribution is -0.182. The Bertz CT molecular complexity index is 1710. The van der Waals surface area contributed by atoms with Gasteiger partial charge in [0.1, 0.15) is 34.4 Å². The predicted molar refractivity (Wildman–Crippen MR) is 136 cm³/mol. The fraction of sp³-hybridized carbons (Fsp3) is 0.360. The first-order valence-electron chi connectivity index (χ1n) is 12.4. The van der Waals surface area contributed by atoms with Crippen LogP contribution in [0.5, 0.6) is 11.5 Å². The van der Waals surface area contributed by atoms with Gasteiger partial charge in [-0.3, -0.25) is 9.58 Å². The van der Waals surface area contributed by atoms with E-state index in [9.17, 15) is 28.3 Å². The molecule has 5 heterocycles. The summed E-state index contributed by atoms with van der Waals surface area (Å²) >= 11 is 0. The maximum Gasteiger partial charge on any atom is 0.433 e. The second-order valence-electron chi connectivity index (χ2n) is 10.1. The number of aryl methyl sites for hydroxylation is 1. The number of hydrogen-bond donors (Lipinski definition) is 2. The van der Waals surface area contributed by atoms with Crippen molar-refractivity contribution in [3.63, 3.8) is 0 Å². The molecule has 0 aromatic carbocycles. The number of nitrogens with zero attached hydrogens (tertiary/aromatic N) is 8. The Morgan fingerprint density at radius 1 is 1.32 bits per heavy atom. The zero-order valence-corrected chi connectivity index (χ0v) is 21.7. The molecule has 0 unspecified atom stereocenters. The topological polar surface area (TPSA) is 156 Å². The maximum atomic E-state index is 13.9. The summed E-state index contributed by atoms with van der Waals surface area (Å²) in [5.74, 6) is 0.435. The Morgan fingerprint density at radius 3 is 2.71 bits per heavy atom. The van der Waals surface area contributed by atoms with Crippen molar-refractivity contribution in [1.82, 2.24) is 29.3 Å². The number of anilines is 3. The third-order valence-corrected chi connectivity index (χ3v) is 7.32. The number of carbonyl (C=O) groups is 1. The zero-order valence-electron chi connectivity index (χ0n) is 21.7. The van der Waals surface area contributed by atoms with Crippen molar-refractivity contribution >= 4 is 34.8 Å². The number of imidazole rings is 1. The van der Waals surface area contributed by atoms with Crippen LogP contribution in [0.4, 0.5) is 35.5 Å². The first-order chi connectivity index (χ1) is 19.5. The van der Waals surface area contributed by atoms with Gasteiger partial charge in [-0.15, -0.1) is 0 Å². The van der Waals surface area contributed by atoms with Crippen LogP contribution in [-0.2, 0) is 18.0 Å². The third kappa shape index (κ3) is 4.53. The lowest BCUT2D eigenvalue weighted by Crippen LogP contribution is -2.53. The SMILES string of the molecule is CN(C(=O)O)c1cc(Oc2cnc3nc(Nc4cc(C(F)(F)F)n(C5CC6(COC6)C5)n4)n(C)c3c2C#N)ccn1. The molecule has 1 spiro atoms. The fourth-order valence-corrected chi connectivity index (χ4v) is 5.12. The second-order valence-corrected chi connectivity index (χ2v) is 10.1. The van der Waals surface area contributed by atoms with E-state index in [2.05, 4.69) is 31.4 Å². The number of pyridine rings is 2. The molecule has 0 atom stereocenters. The van der Waals surface area contributed by atoms with E-state index in [-0.39, 0.29) is 57.3 Å². The van der Waals surface area contributed by atoms with Gasteiger partial charge in [0.2, 0.25) is 5.95 Å². The Kier molecular flexibility index (Phi) is 5.99. The average Bonchev–Trinajstić information content (AvgIpc) is 3.43. The predicted octanol–water partition coefficient (Wildman–Crippen LogP) is 4.45. The van der Waals surface area contributed by atoms with Crippen molar-refractivity contribution in [1.29, 1.82) is 5.26 Å². The highest BCUT2D eigenvalue weighted by atomic mass is 19.4. The third-order valence-electron chi connectivity index (χ3n) is 7.32. The summed E-state index contributed by atoms with van der Waals surface area (Å²) < 4.78 is 55.1. The van der Waals surface area contributed by atoms with E-state index < -0.39 is 18.0 Å². The van der Waals surface area contributed by atoms with E-state index in [4.69, 9.17) is 9.47 Å². The summed E-state index contributed by atoms with van der Waals surface area (Å²) in [4.78, 5) is 24.7. The summed E-state index contributed by atoms with van der Waals surface area (Å²) in [5, 5.41) is 26.2. The van der Waals surface area contributed by atoms with Gasteiger partial charge in [-0.05, 0) is 18.9 Å². The molecule has 4 aromatic heterocycles. The number of ether oxygens (including phenoxy) is 2. The number of fused-ring (bicyclic) bond motifs is 1. The number of hydrogen-bond acceptors (Lipinski definition) is 9. The fourth-order valence-electron chi connectivity index (χ4n) is 5.12. The Hall–Kier alpha value is -4.91. The van der Waals surface area contributed by atoms with Crippen LogP contribution in [0.3, 0.4) is 0 Å². The van der Waals surface area contributed by atoms with Gasteiger partial charge in [0.05, 0.1) is 25.5 Å². The summed E-state index contributed by atoms with van der Waals surface area (Å²) in [7, 11) is 2.89. The highest BCUT2D eigenvalue weighted by Gasteiger charge is 2.52. The van der Waals surface area contributed by atoms with Crippen LogP contribution in [-0.4, -0.2) is 60.8 Å². The van der Waals surface area contributed by atoms with Crippen LogP contribution in [0.25, 0.3) is 11.2 Å². The normalized spacial score (nSPS) is 16.2. The van der Waals surface area contributed by atoms with Gasteiger partial charge in [-0.1, -0.05) is 0 Å². The lowest BCUT2D eigenvalue weighted by Gasteiger charge is -2.53. The van der Waals surface area contributed by atoms with Gasteiger partial charge in [-0.2, -0.15) is 28.5 Å². The lowest BCUT2D eigenvalue weighted by atomic mass is 9.64. The van der Waals surface area contributed by atoms with Crippen molar-refractivity contribution < 1.29 is 32.5 Å². The summed E-state index contributed by atoms with van der Waals surface area (Å²) in [6.07, 6.45) is -2.06. The number of aromatic nitrogens is 6. The summed E-state index contributed by atoms with van der Waals surface area (Å²) in [6.45, 7) is 1.11. The van der Waals surface area contributed by atoms with Crippen LogP contribution >= 0.6 is 0 Å². The smallest absolute Gasteiger partial charge is 0.433 e. The Morgan fingerprint density at radius 2 is 2.07 bits per heavy atom. The van der Waals surface area contributed by atoms with Crippen molar-refractivity contribution in [2.45, 2.75) is 25.1 Å². The van der Waals surface area contributed by atoms with Gasteiger partial charge in [-0.25, -0.2) is 14.8 Å². The number of halogens is 3. The van der Waals surface area contributed by atoms with E-state index in [0.717, 1.165) is 15.6 Å². The van der Waals surface area contributed by atoms with Gasteiger partial charge < -0.3 is 24.5 Å². The largest absolute Gasteiger partial charge is 0.465 e. The van der Waals surface area contributed by atoms with Crippen LogP contribution in [0.2, 0.25) is 0 Å². The highest BCUT2D eigenvalue weighted by molar-refractivity contribution is 5.85. The highest BCUT2D eigenvalue weighted by Crippen LogP contribution is 2.54. The maximum absolute atomic E-state index is 13.9. The molecule has 1 amide bonds. The molecule has 16 heteroatoms. The Labute approximate surface area is 229 Å². The minimum Gasteiger partial charge on any atom is -0.465 e. The number of alkyl halides is 3. The molecule has 4 aromatic rings. The number of carboxylic acid groups (broad SMARTS) is 1. The molecule has 0 bridgehead atoms. The number of amides is 1. The van der Waals surface area contributed by atoms with E-state index in [1.807, 2.05) is 0 Å². The quantitative estimate of drug-likeness (QED) is 0.340. The molecule has 6 rings (SSSR count). The number of rotatable bonds is 6. The molecule has 2 aliphatic rings. The average molecular weight is 570 g/mol. The molecule has 2 N–H and O–H groups in total. The van der Waals surface area contributed by atoms with E-state index >= 15 is 0 Å². The van der Waals surface area contributed by atoms with E-state index in [0.29, 0.717) is 26.1 Å². The van der Waals surface area contributed by atoms with Crippen molar-refractivity contribution in [3.05, 3.63) is 41.9 Å². The van der Waals surface area contributed by atoms with E-state index in [1.54, 1.807) is 7.05 Å². The molecular weight excluding hydrogens is 547 g/mol. The Balaban J connectivity index is 1.30. The van der Waals surface area contributed by atoms with Crippen molar-refractivity contribution in [3.8, 4) is 17.6 Å². The molecule has 212 valence electrons. The molecule has 1 saturated carbocycles. The van der Waals surface area contributed by atoms with Crippen molar-refractivity contribution in [2.75, 3.05) is 30.5 Å². The van der Waals surface area contributed by atoms with Gasteiger partial charge in [0, 0.05) is 37.8 Å². The second kappa shape index (κ2) is 9.34. The molecule has 1 aliphatic carbocycles. The zero-order chi connectivity index (χ0) is 29.1. The standard InChI is InChI=1S/C25H22F3N9O4/c1-35(23(38)39)19-5-14(3-4-30-19)41-16-10-31-21-20(15(16)9-29)36(2)22(33-21)32-18-6-17(25(26,27)28)37(34-18)13-7-24(8-13)11-40-12-24/h3-6,10,13H,7-8,11-12H2,1-2H3,(H,38,39)(H,31,32,33,34). The summed E-state index contributed by atoms with van der Waals surface area (Å²) in [6, 6.07) is 5.47. The molecule has 1 aliphatic heterocycles.